The summed E-state index contributed by atoms with van der Waals surface area (Å²) in [6, 6.07) is 51.6. The topological polar surface area (TPSA) is 33.5 Å². The number of ether oxygens (including phenoxy) is 1. The van der Waals surface area contributed by atoms with E-state index in [4.69, 9.17) is 9.72 Å². The molecule has 0 N–H and O–H groups in total. The monoisotopic (exact) mass is 1160 g/mol. The maximum atomic E-state index is 14.7. The van der Waals surface area contributed by atoms with Crippen LogP contribution >= 0.6 is 0 Å². The summed E-state index contributed by atoms with van der Waals surface area (Å²) in [5, 5.41) is 2.16. The van der Waals surface area contributed by atoms with E-state index in [2.05, 4.69) is 214 Å². The summed E-state index contributed by atoms with van der Waals surface area (Å²) in [7, 11) is 0. The van der Waals surface area contributed by atoms with Crippen molar-refractivity contribution in [2.24, 2.45) is 0 Å². The third kappa shape index (κ3) is 9.81. The Morgan fingerprint density at radius 1 is 0.554 bits per heavy atom. The minimum atomic E-state index is -0.601. The molecule has 3 heterocycles. The van der Waals surface area contributed by atoms with Crippen LogP contribution in [0.5, 0.6) is 11.5 Å². The molecule has 0 fully saturated rings. The van der Waals surface area contributed by atoms with Crippen LogP contribution in [-0.4, -0.2) is 9.55 Å². The van der Waals surface area contributed by atoms with Crippen molar-refractivity contribution in [3.05, 3.63) is 198 Å². The van der Waals surface area contributed by atoms with Crippen molar-refractivity contribution in [2.75, 3.05) is 9.80 Å². The minimum Gasteiger partial charge on any atom is -0.509 e. The summed E-state index contributed by atoms with van der Waals surface area (Å²) >= 11 is 0. The van der Waals surface area contributed by atoms with E-state index in [1.165, 1.54) is 34.4 Å². The van der Waals surface area contributed by atoms with Crippen molar-refractivity contribution in [2.45, 2.75) is 118 Å². The van der Waals surface area contributed by atoms with E-state index in [9.17, 15) is 8.78 Å². The van der Waals surface area contributed by atoms with E-state index in [0.29, 0.717) is 17.1 Å². The molecule has 0 amide bonds. The third-order valence-electron chi connectivity index (χ3n) is 14.1. The van der Waals surface area contributed by atoms with E-state index >= 15 is 0 Å². The normalized spacial score (nSPS) is 13.1. The SMILES string of the molecule is CC(C)c1cc(-c2cc(F)cc(F)c2)cc(C(C)C)c1N1[CH-]N(c2[c-]c(Oc3[c-]c4c(cc3)c3ccccc3n4-c3ccccn3)cc(-c3c(C(C)(C)C)cc(C(C)(C)C)cc3C(C)(C)C)c2)c2ccccc21.[Pt]. The second-order valence-corrected chi connectivity index (χ2v) is 23.4. The Kier molecular flexibility index (Phi) is 13.9. The van der Waals surface area contributed by atoms with E-state index in [0.717, 1.165) is 78.7 Å². The average Bonchev–Trinajstić information content (AvgIpc) is 3.88. The number of pyridine rings is 1. The second kappa shape index (κ2) is 19.6. The fourth-order valence-corrected chi connectivity index (χ4v) is 10.4. The Balaban J connectivity index is 0.00000672. The number of halogens is 2. The summed E-state index contributed by atoms with van der Waals surface area (Å²) < 4.78 is 38.7. The Hall–Kier alpha value is -6.56. The summed E-state index contributed by atoms with van der Waals surface area (Å²) in [5.41, 5.74) is 14.6. The van der Waals surface area contributed by atoms with Gasteiger partial charge in [-0.25, -0.2) is 13.8 Å². The fraction of sp³-hybridized carbons (Fsp3) is 0.273. The van der Waals surface area contributed by atoms with Crippen LogP contribution in [0.3, 0.4) is 0 Å². The maximum absolute atomic E-state index is 14.7. The van der Waals surface area contributed by atoms with Crippen LogP contribution in [0.2, 0.25) is 0 Å². The number of hydrogen-bond acceptors (Lipinski definition) is 4. The first kappa shape index (κ1) is 52.3. The van der Waals surface area contributed by atoms with Crippen molar-refractivity contribution in [3.63, 3.8) is 0 Å². The van der Waals surface area contributed by atoms with Crippen LogP contribution in [0.15, 0.2) is 140 Å². The zero-order chi connectivity index (χ0) is 51.9. The molecule has 1 aliphatic rings. The summed E-state index contributed by atoms with van der Waals surface area (Å²) in [4.78, 5) is 9.28. The van der Waals surface area contributed by atoms with Gasteiger partial charge in [-0.3, -0.25) is 0 Å². The molecule has 10 rings (SSSR count). The van der Waals surface area contributed by atoms with E-state index < -0.39 is 11.6 Å². The predicted molar refractivity (Wildman–Crippen MR) is 299 cm³/mol. The van der Waals surface area contributed by atoms with Crippen molar-refractivity contribution < 1.29 is 34.6 Å². The third-order valence-corrected chi connectivity index (χ3v) is 14.1. The molecule has 8 heteroatoms. The number of aromatic nitrogens is 2. The van der Waals surface area contributed by atoms with Gasteiger partial charge in [-0.1, -0.05) is 144 Å². The molecule has 0 aliphatic carbocycles. The number of hydrogen-bond donors (Lipinski definition) is 0. The van der Waals surface area contributed by atoms with Crippen molar-refractivity contribution in [1.29, 1.82) is 0 Å². The average molecular weight is 1160 g/mol. The number of benzene rings is 7. The number of para-hydroxylation sites is 3. The number of nitrogens with zero attached hydrogens (tertiary/aromatic N) is 4. The van der Waals surface area contributed by atoms with Gasteiger partial charge in [0, 0.05) is 67.4 Å². The van der Waals surface area contributed by atoms with Crippen LogP contribution in [0.25, 0.3) is 49.9 Å². The van der Waals surface area contributed by atoms with Gasteiger partial charge in [-0.05, 0) is 133 Å². The molecule has 0 spiro atoms. The van der Waals surface area contributed by atoms with E-state index in [1.54, 1.807) is 0 Å². The van der Waals surface area contributed by atoms with Gasteiger partial charge >= 0.3 is 0 Å². The molecule has 0 unspecified atom stereocenters. The molecule has 1 aliphatic heterocycles. The molecular weight excluding hydrogens is 1100 g/mol. The summed E-state index contributed by atoms with van der Waals surface area (Å²) in [5.74, 6) is 0.839. The predicted octanol–water partition coefficient (Wildman–Crippen LogP) is 18.7. The summed E-state index contributed by atoms with van der Waals surface area (Å²) in [6.07, 6.45) is 1.82. The van der Waals surface area contributed by atoms with Gasteiger partial charge in [0.05, 0.1) is 0 Å². The summed E-state index contributed by atoms with van der Waals surface area (Å²) in [6.45, 7) is 31.6. The zero-order valence-corrected chi connectivity index (χ0v) is 47.1. The van der Waals surface area contributed by atoms with Gasteiger partial charge in [-0.2, -0.15) is 6.07 Å². The van der Waals surface area contributed by atoms with Crippen LogP contribution in [0.4, 0.5) is 31.5 Å². The molecule has 74 heavy (non-hydrogen) atoms. The molecule has 0 saturated carbocycles. The Labute approximate surface area is 451 Å². The maximum Gasteiger partial charge on any atom is 0.135 e. The van der Waals surface area contributed by atoms with Crippen molar-refractivity contribution in [1.82, 2.24) is 9.55 Å². The number of fused-ring (bicyclic) bond motifs is 4. The standard InChI is InChI=1S/C66H65F2N4O.Pt/c1-40(2)53-32-43(42-28-46(67)36-47(68)29-42)33-54(41(3)4)63(53)71-39-70(58-22-16-17-23-59(58)71)48-30-44(62-55(65(8,9)10)34-45(64(5,6)7)35-56(62)66(11,12)13)31-50(37-48)73-49-25-26-52-51-20-14-15-21-57(51)72(60(52)38-49)61-24-18-19-27-69-61;/h14-36,39-41H,1-13H3;/q-3;. The van der Waals surface area contributed by atoms with Crippen LogP contribution < -0.4 is 14.5 Å². The molecule has 0 atom stereocenters. The molecule has 0 radical (unpaired) electrons. The van der Waals surface area contributed by atoms with Gasteiger partial charge in [0.2, 0.25) is 0 Å². The molecule has 0 bridgehead atoms. The smallest absolute Gasteiger partial charge is 0.135 e. The molecular formula is C66H65F2N4OPt-3. The van der Waals surface area contributed by atoms with Gasteiger partial charge in [0.25, 0.3) is 0 Å². The second-order valence-electron chi connectivity index (χ2n) is 23.4. The number of anilines is 4. The van der Waals surface area contributed by atoms with Crippen LogP contribution in [0, 0.1) is 30.4 Å². The van der Waals surface area contributed by atoms with Crippen LogP contribution in [-0.2, 0) is 37.3 Å². The molecule has 9 aromatic rings. The van der Waals surface area contributed by atoms with Gasteiger partial charge in [-0.15, -0.1) is 53.6 Å². The van der Waals surface area contributed by atoms with Gasteiger partial charge in [0.15, 0.2) is 0 Å². The van der Waals surface area contributed by atoms with E-state index in [1.807, 2.05) is 30.5 Å². The first-order valence-electron chi connectivity index (χ1n) is 25.5. The van der Waals surface area contributed by atoms with Crippen molar-refractivity contribution in [3.8, 4) is 39.6 Å². The fourth-order valence-electron chi connectivity index (χ4n) is 10.4. The Bertz CT molecular complexity index is 3490. The Morgan fingerprint density at radius 3 is 1.72 bits per heavy atom. The zero-order valence-electron chi connectivity index (χ0n) is 44.8. The molecule has 5 nitrogen and oxygen atoms in total. The molecule has 2 aromatic heterocycles. The largest absolute Gasteiger partial charge is 0.509 e. The van der Waals surface area contributed by atoms with Crippen LogP contribution in [0.1, 0.15) is 130 Å². The number of rotatable bonds is 9. The molecule has 0 saturated heterocycles. The first-order chi connectivity index (χ1) is 34.5. The van der Waals surface area contributed by atoms with E-state index in [-0.39, 0.29) is 49.1 Å². The first-order valence-corrected chi connectivity index (χ1v) is 25.5. The quantitative estimate of drug-likeness (QED) is 0.135. The molecule has 7 aromatic carbocycles. The van der Waals surface area contributed by atoms with Gasteiger partial charge in [0.1, 0.15) is 17.5 Å². The minimum absolute atomic E-state index is 0. The van der Waals surface area contributed by atoms with Crippen molar-refractivity contribution >= 4 is 44.6 Å². The van der Waals surface area contributed by atoms with Gasteiger partial charge < -0.3 is 19.1 Å². The molecule has 382 valence electrons. The Morgan fingerprint density at radius 2 is 1.14 bits per heavy atom.